The zero-order valence-electron chi connectivity index (χ0n) is 15.9. The van der Waals surface area contributed by atoms with Gasteiger partial charge in [-0.25, -0.2) is 0 Å². The molecule has 3 rings (SSSR count). The van der Waals surface area contributed by atoms with E-state index in [0.29, 0.717) is 0 Å². The molecule has 4 nitrogen and oxygen atoms in total. The van der Waals surface area contributed by atoms with Crippen LogP contribution in [-0.4, -0.2) is 19.2 Å². The van der Waals surface area contributed by atoms with Crippen LogP contribution in [0.2, 0.25) is 0 Å². The molecule has 1 heterocycles. The minimum atomic E-state index is 0. The van der Waals surface area contributed by atoms with Gasteiger partial charge >= 0.3 is 0 Å². The lowest BCUT2D eigenvalue weighted by Gasteiger charge is -2.12. The lowest BCUT2D eigenvalue weighted by Crippen LogP contribution is -2.01. The number of aromatic nitrogens is 1. The smallest absolute Gasteiger partial charge is 0.118 e. The summed E-state index contributed by atoms with van der Waals surface area (Å²) in [4.78, 5) is 4.59. The zero-order valence-corrected chi connectivity index (χ0v) is 15.9. The fraction of sp³-hybridized carbons (Fsp3) is 0.174. The Morgan fingerprint density at radius 2 is 1.33 bits per heavy atom. The number of hydrogen-bond acceptors (Lipinski definition) is 4. The van der Waals surface area contributed by atoms with Crippen molar-refractivity contribution in [2.45, 2.75) is 12.8 Å². The topological polar surface area (TPSA) is 66.3 Å². The fourth-order valence-electron chi connectivity index (χ4n) is 3.01. The van der Waals surface area contributed by atoms with Gasteiger partial charge < -0.3 is 15.6 Å². The molecule has 27 heavy (non-hydrogen) atoms. The first kappa shape index (κ1) is 20.2. The lowest BCUT2D eigenvalue weighted by molar-refractivity contribution is 0.414. The molecule has 0 amide bonds. The van der Waals surface area contributed by atoms with Crippen LogP contribution in [0.15, 0.2) is 67.4 Å². The maximum atomic E-state index is 5.23. The Morgan fingerprint density at radius 1 is 0.815 bits per heavy atom. The number of pyridine rings is 1. The van der Waals surface area contributed by atoms with Crippen molar-refractivity contribution < 1.29 is 9.47 Å². The first-order valence-corrected chi connectivity index (χ1v) is 8.58. The Hall–Kier alpha value is -3.11. The summed E-state index contributed by atoms with van der Waals surface area (Å²) in [5.74, 6) is 1.73. The Balaban J connectivity index is 0.00000261. The van der Waals surface area contributed by atoms with Crippen LogP contribution in [0, 0.1) is 0 Å². The maximum absolute atomic E-state index is 5.23. The highest BCUT2D eigenvalue weighted by atomic mass is 16.5. The minimum Gasteiger partial charge on any atom is -0.497 e. The third kappa shape index (κ3) is 4.96. The average Bonchev–Trinajstić information content (AvgIpc) is 2.69. The van der Waals surface area contributed by atoms with Gasteiger partial charge in [-0.1, -0.05) is 36.9 Å². The molecule has 0 aliphatic heterocycles. The molecule has 0 spiro atoms. The molecule has 4 heteroatoms. The first-order valence-electron chi connectivity index (χ1n) is 8.58. The van der Waals surface area contributed by atoms with Gasteiger partial charge in [-0.15, -0.1) is 0 Å². The number of nitrogens with zero attached hydrogens (tertiary/aromatic N) is 1. The van der Waals surface area contributed by atoms with Gasteiger partial charge in [0.05, 0.1) is 19.9 Å². The summed E-state index contributed by atoms with van der Waals surface area (Å²) < 4.78 is 10.5. The Morgan fingerprint density at radius 3 is 1.81 bits per heavy atom. The van der Waals surface area contributed by atoms with Crippen molar-refractivity contribution in [1.82, 2.24) is 11.1 Å². The van der Waals surface area contributed by atoms with Crippen LogP contribution in [0.3, 0.4) is 0 Å². The van der Waals surface area contributed by atoms with E-state index in [2.05, 4.69) is 41.9 Å². The zero-order chi connectivity index (χ0) is 18.4. The van der Waals surface area contributed by atoms with Gasteiger partial charge in [0.25, 0.3) is 0 Å². The van der Waals surface area contributed by atoms with Crippen LogP contribution >= 0.6 is 0 Å². The summed E-state index contributed by atoms with van der Waals surface area (Å²) in [6.45, 7) is 4.01. The van der Waals surface area contributed by atoms with Gasteiger partial charge in [0, 0.05) is 12.6 Å². The van der Waals surface area contributed by atoms with E-state index in [4.69, 9.17) is 9.47 Å². The Labute approximate surface area is 161 Å². The highest BCUT2D eigenvalue weighted by Crippen LogP contribution is 2.22. The van der Waals surface area contributed by atoms with Crippen LogP contribution in [0.25, 0.3) is 6.08 Å². The average molecular weight is 362 g/mol. The molecule has 0 fully saturated rings. The third-order valence-corrected chi connectivity index (χ3v) is 4.45. The molecular weight excluding hydrogens is 336 g/mol. The van der Waals surface area contributed by atoms with E-state index in [1.807, 2.05) is 36.5 Å². The molecule has 0 bridgehead atoms. The summed E-state index contributed by atoms with van der Waals surface area (Å²) in [6, 6.07) is 18.3. The molecule has 140 valence electrons. The SMILES string of the molecule is C=Cc1c(Cc2ccc(OC)cc2)ccnc1Cc1ccc(OC)cc1.N. The first-order chi connectivity index (χ1) is 12.7. The predicted molar refractivity (Wildman–Crippen MR) is 111 cm³/mol. The van der Waals surface area contributed by atoms with E-state index >= 15 is 0 Å². The lowest BCUT2D eigenvalue weighted by atomic mass is 9.96. The molecule has 2 aromatic carbocycles. The molecular formula is C23H26N2O2. The fourth-order valence-corrected chi connectivity index (χ4v) is 3.01. The van der Waals surface area contributed by atoms with Crippen molar-refractivity contribution in [2.75, 3.05) is 14.2 Å². The van der Waals surface area contributed by atoms with Crippen LogP contribution in [-0.2, 0) is 12.8 Å². The minimum absolute atomic E-state index is 0. The number of hydrogen-bond donors (Lipinski definition) is 1. The number of benzene rings is 2. The standard InChI is InChI=1S/C23H23NO2.H3N/c1-4-22-19(15-17-5-9-20(25-2)10-6-17)13-14-24-23(22)16-18-7-11-21(26-3)12-8-18;/h4-14H,1,15-16H2,2-3H3;1H3. The second kappa shape index (κ2) is 9.55. The van der Waals surface area contributed by atoms with E-state index in [9.17, 15) is 0 Å². The summed E-state index contributed by atoms with van der Waals surface area (Å²) in [6.07, 6.45) is 5.39. The second-order valence-corrected chi connectivity index (χ2v) is 6.08. The Bertz CT molecular complexity index is 804. The number of rotatable bonds is 7. The van der Waals surface area contributed by atoms with E-state index in [1.54, 1.807) is 14.2 Å². The highest BCUT2D eigenvalue weighted by molar-refractivity contribution is 5.56. The van der Waals surface area contributed by atoms with Gasteiger partial charge in [-0.2, -0.15) is 0 Å². The molecule has 0 aliphatic carbocycles. The molecule has 0 aliphatic rings. The van der Waals surface area contributed by atoms with E-state index in [1.165, 1.54) is 16.7 Å². The number of ether oxygens (including phenoxy) is 2. The second-order valence-electron chi connectivity index (χ2n) is 6.08. The van der Waals surface area contributed by atoms with Crippen molar-refractivity contribution in [2.24, 2.45) is 0 Å². The predicted octanol–water partition coefficient (Wildman–Crippen LogP) is 5.09. The van der Waals surface area contributed by atoms with E-state index in [-0.39, 0.29) is 6.15 Å². The van der Waals surface area contributed by atoms with Crippen LogP contribution in [0.5, 0.6) is 11.5 Å². The van der Waals surface area contributed by atoms with Gasteiger partial charge in [0.2, 0.25) is 0 Å². The van der Waals surface area contributed by atoms with Crippen LogP contribution in [0.4, 0.5) is 0 Å². The monoisotopic (exact) mass is 362 g/mol. The van der Waals surface area contributed by atoms with Crippen molar-refractivity contribution in [3.8, 4) is 11.5 Å². The molecule has 0 saturated carbocycles. The van der Waals surface area contributed by atoms with Crippen LogP contribution in [0.1, 0.15) is 27.9 Å². The molecule has 1 aromatic heterocycles. The number of methoxy groups -OCH3 is 2. The van der Waals surface area contributed by atoms with E-state index < -0.39 is 0 Å². The summed E-state index contributed by atoms with van der Waals surface area (Å²) in [5.41, 5.74) is 5.80. The summed E-state index contributed by atoms with van der Waals surface area (Å²) in [7, 11) is 3.36. The third-order valence-electron chi connectivity index (χ3n) is 4.45. The highest BCUT2D eigenvalue weighted by Gasteiger charge is 2.09. The van der Waals surface area contributed by atoms with Crippen molar-refractivity contribution >= 4 is 6.08 Å². The van der Waals surface area contributed by atoms with Gasteiger partial charge in [-0.05, 0) is 59.0 Å². The molecule has 0 atom stereocenters. The van der Waals surface area contributed by atoms with E-state index in [0.717, 1.165) is 35.6 Å². The van der Waals surface area contributed by atoms with Crippen molar-refractivity contribution in [3.05, 3.63) is 95.3 Å². The van der Waals surface area contributed by atoms with Crippen molar-refractivity contribution in [3.63, 3.8) is 0 Å². The normalized spacial score (nSPS) is 10.0. The molecule has 3 N–H and O–H groups in total. The molecule has 3 aromatic rings. The maximum Gasteiger partial charge on any atom is 0.118 e. The van der Waals surface area contributed by atoms with Gasteiger partial charge in [-0.3, -0.25) is 4.98 Å². The summed E-state index contributed by atoms with van der Waals surface area (Å²) >= 11 is 0. The largest absolute Gasteiger partial charge is 0.497 e. The van der Waals surface area contributed by atoms with Crippen molar-refractivity contribution in [1.29, 1.82) is 0 Å². The van der Waals surface area contributed by atoms with Crippen LogP contribution < -0.4 is 15.6 Å². The Kier molecular flexibility index (Phi) is 7.15. The van der Waals surface area contributed by atoms with Gasteiger partial charge in [0.15, 0.2) is 0 Å². The molecule has 0 saturated heterocycles. The van der Waals surface area contributed by atoms with Gasteiger partial charge in [0.1, 0.15) is 11.5 Å². The summed E-state index contributed by atoms with van der Waals surface area (Å²) in [5, 5.41) is 0. The molecule has 0 radical (unpaired) electrons. The quantitative estimate of drug-likeness (QED) is 0.636. The molecule has 0 unspecified atom stereocenters.